The molecule has 2 heterocycles. The zero-order chi connectivity index (χ0) is 19.7. The molecule has 1 saturated heterocycles. The first-order valence-corrected chi connectivity index (χ1v) is 8.75. The predicted octanol–water partition coefficient (Wildman–Crippen LogP) is 3.83. The molecule has 0 aliphatic carbocycles. The van der Waals surface area contributed by atoms with Crippen molar-refractivity contribution in [3.05, 3.63) is 28.6 Å². The second kappa shape index (κ2) is 7.09. The second-order valence-corrected chi connectivity index (χ2v) is 8.67. The molecule has 0 radical (unpaired) electrons. The Bertz CT molecular complexity index is 679. The van der Waals surface area contributed by atoms with Gasteiger partial charge < -0.3 is 15.0 Å². The van der Waals surface area contributed by atoms with E-state index in [2.05, 4.69) is 31.1 Å². The third-order valence-electron chi connectivity index (χ3n) is 4.25. The molecule has 1 N–H and O–H groups in total. The Kier molecular flexibility index (Phi) is 5.44. The molecule has 2 atom stereocenters. The number of amides is 1. The zero-order valence-corrected chi connectivity index (χ0v) is 16.3. The van der Waals surface area contributed by atoms with Crippen molar-refractivity contribution in [2.24, 2.45) is 5.41 Å². The monoisotopic (exact) mass is 364 g/mol. The summed E-state index contributed by atoms with van der Waals surface area (Å²) in [5.74, 6) is 0. The molecule has 26 heavy (non-hydrogen) atoms. The smallest absolute Gasteiger partial charge is 0.410 e. The minimum atomic E-state index is -0.574. The van der Waals surface area contributed by atoms with Gasteiger partial charge in [0.15, 0.2) is 0 Å². The number of anilines is 1. The largest absolute Gasteiger partial charge is 0.444 e. The van der Waals surface area contributed by atoms with E-state index in [1.165, 1.54) is 12.4 Å². The minimum absolute atomic E-state index is 0.0733. The molecule has 1 aliphatic rings. The van der Waals surface area contributed by atoms with Crippen LogP contribution in [0.25, 0.3) is 0 Å². The lowest BCUT2D eigenvalue weighted by atomic mass is 9.82. The highest BCUT2D eigenvalue weighted by Crippen LogP contribution is 2.36. The van der Waals surface area contributed by atoms with Crippen LogP contribution in [0.5, 0.6) is 0 Å². The van der Waals surface area contributed by atoms with E-state index in [1.54, 1.807) is 11.0 Å². The van der Waals surface area contributed by atoms with E-state index in [4.69, 9.17) is 4.74 Å². The van der Waals surface area contributed by atoms with Crippen molar-refractivity contribution >= 4 is 17.5 Å². The van der Waals surface area contributed by atoms with Crippen molar-refractivity contribution < 1.29 is 14.5 Å². The van der Waals surface area contributed by atoms with Gasteiger partial charge in [0.25, 0.3) is 0 Å². The maximum absolute atomic E-state index is 12.6. The van der Waals surface area contributed by atoms with E-state index in [0.717, 1.165) is 0 Å². The number of hydrogen-bond acceptors (Lipinski definition) is 6. The highest BCUT2D eigenvalue weighted by molar-refractivity contribution is 5.70. The molecule has 2 unspecified atom stereocenters. The predicted molar refractivity (Wildman–Crippen MR) is 99.1 cm³/mol. The lowest BCUT2D eigenvalue weighted by molar-refractivity contribution is -0.384. The number of carbonyl (C=O) groups is 1. The molecule has 8 heteroatoms. The van der Waals surface area contributed by atoms with Gasteiger partial charge in [-0.2, -0.15) is 0 Å². The number of ether oxygens (including phenoxy) is 1. The summed E-state index contributed by atoms with van der Waals surface area (Å²) in [6, 6.07) is 1.31. The first-order valence-electron chi connectivity index (χ1n) is 8.75. The number of nitro groups is 1. The molecule has 0 bridgehead atoms. The van der Waals surface area contributed by atoms with Crippen molar-refractivity contribution in [1.29, 1.82) is 0 Å². The van der Waals surface area contributed by atoms with Gasteiger partial charge >= 0.3 is 11.8 Å². The molecule has 144 valence electrons. The van der Waals surface area contributed by atoms with E-state index in [1.807, 2.05) is 20.8 Å². The Morgan fingerprint density at radius 1 is 1.35 bits per heavy atom. The number of nitrogens with one attached hydrogen (secondary N) is 1. The first-order chi connectivity index (χ1) is 11.9. The van der Waals surface area contributed by atoms with Crippen LogP contribution in [-0.2, 0) is 4.74 Å². The Morgan fingerprint density at radius 2 is 2.00 bits per heavy atom. The van der Waals surface area contributed by atoms with Crippen LogP contribution in [0.4, 0.5) is 16.2 Å². The van der Waals surface area contributed by atoms with Crippen molar-refractivity contribution in [3.63, 3.8) is 0 Å². The third-order valence-corrected chi connectivity index (χ3v) is 4.25. The standard InChI is InChI=1S/C18H28N4O4/c1-17(2,3)15-13(8-10-21(15)16(23)26-18(4,5)6)20-12-7-9-19-11-14(12)22(24)25/h7,9,11,13,15H,8,10H2,1-6H3,(H,19,20). The number of nitrogens with zero attached hydrogens (tertiary/aromatic N) is 3. The molecule has 1 aliphatic heterocycles. The Hall–Kier alpha value is -2.38. The van der Waals surface area contributed by atoms with Crippen LogP contribution in [0.2, 0.25) is 0 Å². The summed E-state index contributed by atoms with van der Waals surface area (Å²) in [6.07, 6.45) is 3.07. The molecular formula is C18H28N4O4. The lowest BCUT2D eigenvalue weighted by Gasteiger charge is -2.39. The maximum Gasteiger partial charge on any atom is 0.410 e. The minimum Gasteiger partial charge on any atom is -0.444 e. The van der Waals surface area contributed by atoms with Crippen LogP contribution in [0.3, 0.4) is 0 Å². The summed E-state index contributed by atoms with van der Waals surface area (Å²) in [5.41, 5.74) is -0.465. The fourth-order valence-corrected chi connectivity index (χ4v) is 3.39. The Balaban J connectivity index is 2.27. The topological polar surface area (TPSA) is 97.6 Å². The number of carbonyl (C=O) groups excluding carboxylic acids is 1. The van der Waals surface area contributed by atoms with Gasteiger partial charge in [-0.3, -0.25) is 15.1 Å². The fourth-order valence-electron chi connectivity index (χ4n) is 3.39. The van der Waals surface area contributed by atoms with E-state index in [0.29, 0.717) is 18.7 Å². The maximum atomic E-state index is 12.6. The molecule has 1 aromatic heterocycles. The van der Waals surface area contributed by atoms with Gasteiger partial charge in [-0.25, -0.2) is 4.79 Å². The zero-order valence-electron chi connectivity index (χ0n) is 16.3. The van der Waals surface area contributed by atoms with Gasteiger partial charge in [0.1, 0.15) is 17.5 Å². The van der Waals surface area contributed by atoms with Crippen LogP contribution >= 0.6 is 0 Å². The van der Waals surface area contributed by atoms with E-state index >= 15 is 0 Å². The van der Waals surface area contributed by atoms with Gasteiger partial charge in [0.2, 0.25) is 0 Å². The highest BCUT2D eigenvalue weighted by atomic mass is 16.6. The fraction of sp³-hybridized carbons (Fsp3) is 0.667. The summed E-state index contributed by atoms with van der Waals surface area (Å²) >= 11 is 0. The van der Waals surface area contributed by atoms with Crippen molar-refractivity contribution in [2.75, 3.05) is 11.9 Å². The molecule has 8 nitrogen and oxygen atoms in total. The average molecular weight is 364 g/mol. The summed E-state index contributed by atoms with van der Waals surface area (Å²) in [6.45, 7) is 12.2. The molecule has 1 fully saturated rings. The van der Waals surface area contributed by atoms with Crippen LogP contribution < -0.4 is 5.32 Å². The number of rotatable bonds is 3. The van der Waals surface area contributed by atoms with Gasteiger partial charge in [0, 0.05) is 18.8 Å². The molecule has 0 aromatic carbocycles. The number of pyridine rings is 1. The lowest BCUT2D eigenvalue weighted by Crippen LogP contribution is -2.51. The molecule has 1 aromatic rings. The van der Waals surface area contributed by atoms with Gasteiger partial charge in [-0.05, 0) is 38.7 Å². The molecule has 0 spiro atoms. The van der Waals surface area contributed by atoms with Crippen LogP contribution in [-0.4, -0.2) is 45.1 Å². The Labute approximate surface area is 154 Å². The second-order valence-electron chi connectivity index (χ2n) is 8.67. The van der Waals surface area contributed by atoms with Crippen molar-refractivity contribution in [1.82, 2.24) is 9.88 Å². The van der Waals surface area contributed by atoms with Crippen molar-refractivity contribution in [2.45, 2.75) is 65.6 Å². The summed E-state index contributed by atoms with van der Waals surface area (Å²) in [7, 11) is 0. The van der Waals surface area contributed by atoms with Gasteiger partial charge in [-0.1, -0.05) is 20.8 Å². The Morgan fingerprint density at radius 3 is 2.54 bits per heavy atom. The normalized spacial score (nSPS) is 20.8. The van der Waals surface area contributed by atoms with Gasteiger partial charge in [-0.15, -0.1) is 0 Å². The average Bonchev–Trinajstić information content (AvgIpc) is 2.89. The SMILES string of the molecule is CC(C)(C)OC(=O)N1CCC(Nc2ccncc2[N+](=O)[O-])C1C(C)(C)C. The summed E-state index contributed by atoms with van der Waals surface area (Å²) in [5, 5.41) is 14.5. The third kappa shape index (κ3) is 4.62. The summed E-state index contributed by atoms with van der Waals surface area (Å²) < 4.78 is 5.55. The van der Waals surface area contributed by atoms with Crippen LogP contribution in [0, 0.1) is 15.5 Å². The van der Waals surface area contributed by atoms with Crippen LogP contribution in [0.15, 0.2) is 18.5 Å². The quantitative estimate of drug-likeness (QED) is 0.647. The molecule has 0 saturated carbocycles. The van der Waals surface area contributed by atoms with Crippen molar-refractivity contribution in [3.8, 4) is 0 Å². The number of hydrogen-bond donors (Lipinski definition) is 1. The van der Waals surface area contributed by atoms with Gasteiger partial charge in [0.05, 0.1) is 11.0 Å². The van der Waals surface area contributed by atoms with E-state index < -0.39 is 10.5 Å². The van der Waals surface area contributed by atoms with Crippen LogP contribution in [0.1, 0.15) is 48.0 Å². The number of aromatic nitrogens is 1. The van der Waals surface area contributed by atoms with E-state index in [9.17, 15) is 14.9 Å². The number of likely N-dealkylation sites (tertiary alicyclic amines) is 1. The first kappa shape index (κ1) is 19.9. The summed E-state index contributed by atoms with van der Waals surface area (Å²) in [4.78, 5) is 29.0. The molecular weight excluding hydrogens is 336 g/mol. The molecule has 1 amide bonds. The van der Waals surface area contributed by atoms with E-state index in [-0.39, 0.29) is 29.3 Å². The molecule has 2 rings (SSSR count). The highest BCUT2D eigenvalue weighted by Gasteiger charge is 2.45.